The van der Waals surface area contributed by atoms with Crippen molar-refractivity contribution in [2.24, 2.45) is 0 Å². The molecule has 5 heteroatoms. The van der Waals surface area contributed by atoms with Crippen LogP contribution in [0.25, 0.3) is 0 Å². The van der Waals surface area contributed by atoms with Gasteiger partial charge in [-0.1, -0.05) is 199 Å². The molecule has 0 bridgehead atoms. The summed E-state index contributed by atoms with van der Waals surface area (Å²) >= 11 is 0. The van der Waals surface area contributed by atoms with Crippen molar-refractivity contribution in [3.63, 3.8) is 0 Å². The van der Waals surface area contributed by atoms with Gasteiger partial charge in [-0.15, -0.1) is 0 Å². The van der Waals surface area contributed by atoms with Crippen molar-refractivity contribution in [2.45, 2.75) is 225 Å². The van der Waals surface area contributed by atoms with E-state index in [2.05, 4.69) is 19.2 Å². The molecule has 0 saturated carbocycles. The van der Waals surface area contributed by atoms with Gasteiger partial charge in [0.15, 0.2) is 0 Å². The maximum atomic E-state index is 12.3. The van der Waals surface area contributed by atoms with E-state index in [1.807, 2.05) is 0 Å². The fraction of sp³-hybridized carbons (Fsp3) is 0.923. The Morgan fingerprint density at radius 2 is 0.864 bits per heavy atom. The number of aliphatic hydroxyl groups is 3. The summed E-state index contributed by atoms with van der Waals surface area (Å²) in [6.07, 6.45) is 38.9. The number of rotatable bonds is 35. The smallest absolute Gasteiger partial charge is 0.220 e. The normalized spacial score (nSPS) is 13.8. The molecule has 0 unspecified atom stereocenters. The molecule has 5 nitrogen and oxygen atoms in total. The van der Waals surface area contributed by atoms with Crippen molar-refractivity contribution in [3.8, 4) is 0 Å². The molecule has 0 aliphatic rings. The highest BCUT2D eigenvalue weighted by Gasteiger charge is 2.18. The van der Waals surface area contributed by atoms with Gasteiger partial charge in [-0.3, -0.25) is 4.79 Å². The zero-order chi connectivity index (χ0) is 32.4. The lowest BCUT2D eigenvalue weighted by atomic mass is 10.0. The number of amides is 1. The van der Waals surface area contributed by atoms with Crippen LogP contribution in [-0.4, -0.2) is 46.1 Å². The highest BCUT2D eigenvalue weighted by molar-refractivity contribution is 5.76. The number of carbonyl (C=O) groups excluding carboxylic acids is 1. The minimum absolute atomic E-state index is 0.126. The molecule has 0 heterocycles. The average Bonchev–Trinajstić information content (AvgIpc) is 3.02. The summed E-state index contributed by atoms with van der Waals surface area (Å²) < 4.78 is 0. The Bertz CT molecular complexity index is 611. The highest BCUT2D eigenvalue weighted by Crippen LogP contribution is 2.15. The first-order chi connectivity index (χ1) is 21.5. The number of hydrogen-bond donors (Lipinski definition) is 4. The van der Waals surface area contributed by atoms with Crippen LogP contribution in [0.4, 0.5) is 0 Å². The lowest BCUT2D eigenvalue weighted by Crippen LogP contribution is -2.45. The van der Waals surface area contributed by atoms with Crippen LogP contribution >= 0.6 is 0 Å². The number of carbonyl (C=O) groups is 1. The molecule has 0 radical (unpaired) electrons. The van der Waals surface area contributed by atoms with Crippen LogP contribution in [0.2, 0.25) is 0 Å². The summed E-state index contributed by atoms with van der Waals surface area (Å²) in [6.45, 7) is 4.20. The summed E-state index contributed by atoms with van der Waals surface area (Å²) in [5.41, 5.74) is 0. The maximum Gasteiger partial charge on any atom is 0.220 e. The molecule has 0 fully saturated rings. The maximum absolute atomic E-state index is 12.3. The van der Waals surface area contributed by atoms with Crippen molar-refractivity contribution >= 4 is 5.91 Å². The lowest BCUT2D eigenvalue weighted by Gasteiger charge is -2.20. The third-order valence-electron chi connectivity index (χ3n) is 9.10. The molecule has 1 amide bonds. The molecule has 0 aliphatic heterocycles. The van der Waals surface area contributed by atoms with Gasteiger partial charge in [0.1, 0.15) is 0 Å². The quantitative estimate of drug-likeness (QED) is 0.0418. The van der Waals surface area contributed by atoms with Gasteiger partial charge in [0.05, 0.1) is 24.9 Å². The van der Waals surface area contributed by atoms with Gasteiger partial charge in [-0.05, 0) is 12.8 Å². The molecule has 262 valence electrons. The summed E-state index contributed by atoms with van der Waals surface area (Å²) in [5.74, 6) is -0.126. The predicted octanol–water partition coefficient (Wildman–Crippen LogP) is 10.5. The van der Waals surface area contributed by atoms with E-state index in [1.165, 1.54) is 154 Å². The van der Waals surface area contributed by atoms with Gasteiger partial charge in [0, 0.05) is 6.42 Å². The van der Waals surface area contributed by atoms with Crippen molar-refractivity contribution < 1.29 is 20.1 Å². The molecular weight excluding hydrogens is 546 g/mol. The first-order valence-corrected chi connectivity index (χ1v) is 19.5. The van der Waals surface area contributed by atoms with Crippen molar-refractivity contribution in [1.29, 1.82) is 0 Å². The Kier molecular flexibility index (Phi) is 34.2. The monoisotopic (exact) mass is 624 g/mol. The van der Waals surface area contributed by atoms with Gasteiger partial charge < -0.3 is 20.6 Å². The Morgan fingerprint density at radius 1 is 0.523 bits per heavy atom. The minimum Gasteiger partial charge on any atom is -0.394 e. The summed E-state index contributed by atoms with van der Waals surface area (Å²) in [4.78, 5) is 12.3. The molecule has 0 spiro atoms. The third kappa shape index (κ3) is 31.1. The van der Waals surface area contributed by atoms with Crippen LogP contribution in [-0.2, 0) is 4.79 Å². The highest BCUT2D eigenvalue weighted by atomic mass is 16.3. The summed E-state index contributed by atoms with van der Waals surface area (Å²) in [7, 11) is 0. The zero-order valence-corrected chi connectivity index (χ0v) is 29.6. The summed E-state index contributed by atoms with van der Waals surface area (Å²) in [5, 5.41) is 33.1. The Morgan fingerprint density at radius 3 is 1.23 bits per heavy atom. The molecule has 0 aromatic carbocycles. The topological polar surface area (TPSA) is 89.8 Å². The van der Waals surface area contributed by atoms with Crippen molar-refractivity contribution in [3.05, 3.63) is 12.2 Å². The molecule has 44 heavy (non-hydrogen) atoms. The fourth-order valence-electron chi connectivity index (χ4n) is 6.02. The number of aliphatic hydroxyl groups excluding tert-OH is 3. The van der Waals surface area contributed by atoms with Crippen molar-refractivity contribution in [1.82, 2.24) is 5.32 Å². The molecule has 0 rings (SSSR count). The van der Waals surface area contributed by atoms with E-state index in [0.29, 0.717) is 12.8 Å². The van der Waals surface area contributed by atoms with E-state index in [0.717, 1.165) is 32.1 Å². The zero-order valence-electron chi connectivity index (χ0n) is 29.6. The molecule has 0 aliphatic carbocycles. The second-order valence-electron chi connectivity index (χ2n) is 13.5. The number of hydrogen-bond acceptors (Lipinski definition) is 4. The van der Waals surface area contributed by atoms with E-state index in [4.69, 9.17) is 0 Å². The van der Waals surface area contributed by atoms with Gasteiger partial charge in [-0.25, -0.2) is 0 Å². The van der Waals surface area contributed by atoms with E-state index in [-0.39, 0.29) is 12.5 Å². The second kappa shape index (κ2) is 35.0. The summed E-state index contributed by atoms with van der Waals surface area (Å²) in [6, 6.07) is -0.737. The molecule has 0 saturated heterocycles. The average molecular weight is 624 g/mol. The predicted molar refractivity (Wildman–Crippen MR) is 190 cm³/mol. The van der Waals surface area contributed by atoms with E-state index in [1.54, 1.807) is 6.08 Å². The Hall–Kier alpha value is -0.910. The van der Waals surface area contributed by atoms with Crippen LogP contribution in [0.1, 0.15) is 206 Å². The van der Waals surface area contributed by atoms with Crippen LogP contribution < -0.4 is 5.32 Å². The third-order valence-corrected chi connectivity index (χ3v) is 9.10. The second-order valence-corrected chi connectivity index (χ2v) is 13.5. The molecule has 4 N–H and O–H groups in total. The van der Waals surface area contributed by atoms with Gasteiger partial charge in [0.25, 0.3) is 0 Å². The minimum atomic E-state index is -1.01. The Balaban J connectivity index is 3.66. The van der Waals surface area contributed by atoms with E-state index in [9.17, 15) is 20.1 Å². The van der Waals surface area contributed by atoms with E-state index >= 15 is 0 Å². The lowest BCUT2D eigenvalue weighted by molar-refractivity contribution is -0.123. The van der Waals surface area contributed by atoms with Crippen LogP contribution in [0, 0.1) is 0 Å². The first kappa shape index (κ1) is 43.1. The molecule has 0 aromatic rings. The first-order valence-electron chi connectivity index (χ1n) is 19.5. The number of unbranched alkanes of at least 4 members (excludes halogenated alkanes) is 26. The SMILES string of the molecule is CCCCCCCCCCCCCCCCCCCCC(=O)N[C@@H](CO)[C@H](O)/C=C/[C@H](O)CCCCCCCCCCCC. The van der Waals surface area contributed by atoms with Gasteiger partial charge in [-0.2, -0.15) is 0 Å². The van der Waals surface area contributed by atoms with Gasteiger partial charge in [0.2, 0.25) is 5.91 Å². The van der Waals surface area contributed by atoms with Crippen LogP contribution in [0.3, 0.4) is 0 Å². The Labute approximate surface area is 274 Å². The largest absolute Gasteiger partial charge is 0.394 e. The van der Waals surface area contributed by atoms with E-state index < -0.39 is 18.2 Å². The van der Waals surface area contributed by atoms with Crippen LogP contribution in [0.15, 0.2) is 12.2 Å². The van der Waals surface area contributed by atoms with Crippen LogP contribution in [0.5, 0.6) is 0 Å². The standard InChI is InChI=1S/C39H77NO4/c1-3-5-7-9-11-13-15-16-17-18-19-20-21-22-24-26-28-30-32-39(44)40-37(35-41)38(43)34-33-36(42)31-29-27-25-23-14-12-10-8-6-4-2/h33-34,36-38,41-43H,3-32,35H2,1-2H3,(H,40,44)/b34-33+/t36-,37+,38-/m1/s1. The van der Waals surface area contributed by atoms with Gasteiger partial charge >= 0.3 is 0 Å². The van der Waals surface area contributed by atoms with Crippen molar-refractivity contribution in [2.75, 3.05) is 6.61 Å². The number of nitrogens with one attached hydrogen (secondary N) is 1. The fourth-order valence-corrected chi connectivity index (χ4v) is 6.02. The molecular formula is C39H77NO4. The molecule has 3 atom stereocenters. The molecule has 0 aromatic heterocycles.